The molecule has 0 saturated heterocycles. The van der Waals surface area contributed by atoms with Gasteiger partial charge < -0.3 is 5.73 Å². The molecule has 0 unspecified atom stereocenters. The molecule has 0 aromatic carbocycles. The monoisotopic (exact) mass is 350 g/mol. The van der Waals surface area contributed by atoms with Gasteiger partial charge in [0, 0.05) is 6.42 Å². The van der Waals surface area contributed by atoms with Crippen LogP contribution in [-0.2, 0) is 0 Å². The molecular formula is C19H34N4O2. The number of rotatable bonds is 15. The Morgan fingerprint density at radius 3 is 1.84 bits per heavy atom. The van der Waals surface area contributed by atoms with Crippen LogP contribution in [0.25, 0.3) is 0 Å². The molecule has 0 aliphatic heterocycles. The topological polar surface area (TPSA) is 90.9 Å². The molecule has 0 fully saturated rings. The van der Waals surface area contributed by atoms with E-state index in [0.717, 1.165) is 23.8 Å². The molecular weight excluding hydrogens is 316 g/mol. The minimum atomic E-state index is -0.726. The van der Waals surface area contributed by atoms with E-state index in [1.165, 1.54) is 70.5 Å². The molecule has 1 aromatic heterocycles. The van der Waals surface area contributed by atoms with Crippen molar-refractivity contribution in [2.75, 3.05) is 0 Å². The zero-order valence-electron chi connectivity index (χ0n) is 15.7. The number of primary amides is 1. The lowest BCUT2D eigenvalue weighted by Crippen LogP contribution is -2.22. The Hall–Kier alpha value is -1.72. The van der Waals surface area contributed by atoms with Gasteiger partial charge in [-0.05, 0) is 6.42 Å². The number of hydrogen-bond acceptors (Lipinski definition) is 4. The zero-order chi connectivity index (χ0) is 18.3. The number of aromatic nitrogens is 3. The van der Waals surface area contributed by atoms with Crippen molar-refractivity contribution in [1.82, 2.24) is 14.8 Å². The Bertz CT molecular complexity index is 499. The number of hydrogen-bond donors (Lipinski definition) is 1. The highest BCUT2D eigenvalue weighted by Crippen LogP contribution is 2.13. The van der Waals surface area contributed by atoms with E-state index in [-0.39, 0.29) is 11.7 Å². The second kappa shape index (κ2) is 13.6. The molecule has 0 aliphatic carbocycles. The molecule has 2 N–H and O–H groups in total. The maximum absolute atomic E-state index is 12.0. The number of nitrogens with zero attached hydrogens (tertiary/aromatic N) is 3. The van der Waals surface area contributed by atoms with Crippen molar-refractivity contribution < 1.29 is 9.59 Å². The molecule has 0 atom stereocenters. The standard InChI is InChI=1S/C19H34N4O2/c1-2-3-4-5-6-7-8-9-10-11-12-13-14-15-17(24)23-16-21-22-19(23)18(20)25/h16H,2-15H2,1H3,(H2,20,25). The van der Waals surface area contributed by atoms with Crippen LogP contribution in [0.3, 0.4) is 0 Å². The predicted octanol–water partition coefficient (Wildman–Crippen LogP) is 4.50. The van der Waals surface area contributed by atoms with E-state index in [2.05, 4.69) is 17.1 Å². The van der Waals surface area contributed by atoms with Crippen molar-refractivity contribution in [3.05, 3.63) is 12.2 Å². The molecule has 0 radical (unpaired) electrons. The highest BCUT2D eigenvalue weighted by atomic mass is 16.2. The Kier molecular flexibility index (Phi) is 11.6. The zero-order valence-corrected chi connectivity index (χ0v) is 15.7. The van der Waals surface area contributed by atoms with Gasteiger partial charge in [0.05, 0.1) is 0 Å². The van der Waals surface area contributed by atoms with Gasteiger partial charge in [-0.25, -0.2) is 4.57 Å². The van der Waals surface area contributed by atoms with E-state index < -0.39 is 5.91 Å². The lowest BCUT2D eigenvalue weighted by Gasteiger charge is -2.04. The Labute approximate surface area is 151 Å². The second-order valence-corrected chi connectivity index (χ2v) is 6.78. The third-order valence-corrected chi connectivity index (χ3v) is 4.53. The molecule has 6 nitrogen and oxygen atoms in total. The van der Waals surface area contributed by atoms with Crippen LogP contribution in [0.4, 0.5) is 0 Å². The minimum absolute atomic E-state index is 0.0836. The second-order valence-electron chi connectivity index (χ2n) is 6.78. The first-order chi connectivity index (χ1) is 12.2. The van der Waals surface area contributed by atoms with Gasteiger partial charge in [-0.2, -0.15) is 0 Å². The van der Waals surface area contributed by atoms with Crippen molar-refractivity contribution in [1.29, 1.82) is 0 Å². The number of amides is 1. The summed E-state index contributed by atoms with van der Waals surface area (Å²) in [6.45, 7) is 2.25. The molecule has 25 heavy (non-hydrogen) atoms. The molecule has 142 valence electrons. The number of unbranched alkanes of at least 4 members (excludes halogenated alkanes) is 12. The summed E-state index contributed by atoms with van der Waals surface area (Å²) in [5, 5.41) is 7.14. The lowest BCUT2D eigenvalue weighted by atomic mass is 10.0. The fourth-order valence-electron chi connectivity index (χ4n) is 3.00. The average Bonchev–Trinajstić information content (AvgIpc) is 3.09. The summed E-state index contributed by atoms with van der Waals surface area (Å²) in [7, 11) is 0. The first-order valence-corrected chi connectivity index (χ1v) is 9.89. The van der Waals surface area contributed by atoms with Crippen molar-refractivity contribution in [3.63, 3.8) is 0 Å². The lowest BCUT2D eigenvalue weighted by molar-refractivity contribution is 0.0872. The van der Waals surface area contributed by atoms with Crippen LogP contribution in [0.1, 0.15) is 112 Å². The summed E-state index contributed by atoms with van der Waals surface area (Å²) in [6, 6.07) is 0. The van der Waals surface area contributed by atoms with Crippen LogP contribution in [0.5, 0.6) is 0 Å². The van der Waals surface area contributed by atoms with Crippen molar-refractivity contribution in [2.45, 2.75) is 96.8 Å². The van der Waals surface area contributed by atoms with Crippen molar-refractivity contribution in [3.8, 4) is 0 Å². The smallest absolute Gasteiger partial charge is 0.287 e. The number of carbonyl (C=O) groups is 2. The number of nitrogens with two attached hydrogens (primary N) is 1. The first kappa shape index (κ1) is 21.3. The van der Waals surface area contributed by atoms with E-state index in [1.54, 1.807) is 0 Å². The fourth-order valence-corrected chi connectivity index (χ4v) is 3.00. The van der Waals surface area contributed by atoms with E-state index in [9.17, 15) is 9.59 Å². The molecule has 1 aromatic rings. The van der Waals surface area contributed by atoms with Crippen molar-refractivity contribution >= 4 is 11.8 Å². The van der Waals surface area contributed by atoms with Gasteiger partial charge in [0.25, 0.3) is 5.91 Å². The maximum atomic E-state index is 12.0. The third-order valence-electron chi connectivity index (χ3n) is 4.53. The van der Waals surface area contributed by atoms with Gasteiger partial charge in [-0.15, -0.1) is 10.2 Å². The summed E-state index contributed by atoms with van der Waals surface area (Å²) in [4.78, 5) is 23.1. The van der Waals surface area contributed by atoms with Crippen LogP contribution in [0.2, 0.25) is 0 Å². The van der Waals surface area contributed by atoms with E-state index in [1.807, 2.05) is 0 Å². The Balaban J connectivity index is 1.94. The van der Waals surface area contributed by atoms with Gasteiger partial charge >= 0.3 is 0 Å². The van der Waals surface area contributed by atoms with E-state index >= 15 is 0 Å². The normalized spacial score (nSPS) is 10.9. The summed E-state index contributed by atoms with van der Waals surface area (Å²) in [6.07, 6.45) is 18.1. The van der Waals surface area contributed by atoms with Gasteiger partial charge in [0.15, 0.2) is 0 Å². The first-order valence-electron chi connectivity index (χ1n) is 9.89. The largest absolute Gasteiger partial charge is 0.363 e. The summed E-state index contributed by atoms with van der Waals surface area (Å²) >= 11 is 0. The minimum Gasteiger partial charge on any atom is -0.363 e. The maximum Gasteiger partial charge on any atom is 0.287 e. The highest BCUT2D eigenvalue weighted by molar-refractivity contribution is 5.93. The Morgan fingerprint density at radius 2 is 1.36 bits per heavy atom. The van der Waals surface area contributed by atoms with Gasteiger partial charge in [-0.3, -0.25) is 9.59 Å². The van der Waals surface area contributed by atoms with Crippen LogP contribution in [0.15, 0.2) is 6.33 Å². The molecule has 0 bridgehead atoms. The van der Waals surface area contributed by atoms with Crippen molar-refractivity contribution in [2.24, 2.45) is 5.73 Å². The molecule has 1 rings (SSSR count). The molecule has 1 heterocycles. The SMILES string of the molecule is CCCCCCCCCCCCCCCC(=O)n1cnnc1C(N)=O. The predicted molar refractivity (Wildman–Crippen MR) is 99.5 cm³/mol. The van der Waals surface area contributed by atoms with Gasteiger partial charge in [-0.1, -0.05) is 84.0 Å². The molecule has 0 aliphatic rings. The summed E-state index contributed by atoms with van der Waals surface area (Å²) in [5.41, 5.74) is 5.16. The Morgan fingerprint density at radius 1 is 0.880 bits per heavy atom. The highest BCUT2D eigenvalue weighted by Gasteiger charge is 2.15. The summed E-state index contributed by atoms with van der Waals surface area (Å²) in [5.74, 6) is -0.974. The van der Waals surface area contributed by atoms with Crippen LogP contribution in [0, 0.1) is 0 Å². The number of carbonyl (C=O) groups excluding carboxylic acids is 2. The van der Waals surface area contributed by atoms with E-state index in [0.29, 0.717) is 6.42 Å². The summed E-state index contributed by atoms with van der Waals surface area (Å²) < 4.78 is 1.16. The molecule has 0 spiro atoms. The quantitative estimate of drug-likeness (QED) is 0.471. The van der Waals surface area contributed by atoms with Gasteiger partial charge in [0.1, 0.15) is 6.33 Å². The fraction of sp³-hybridized carbons (Fsp3) is 0.789. The molecule has 0 saturated carbocycles. The van der Waals surface area contributed by atoms with Crippen LogP contribution >= 0.6 is 0 Å². The van der Waals surface area contributed by atoms with E-state index in [4.69, 9.17) is 5.73 Å². The molecule has 6 heteroatoms. The van der Waals surface area contributed by atoms with Crippen LogP contribution in [-0.4, -0.2) is 26.6 Å². The van der Waals surface area contributed by atoms with Crippen LogP contribution < -0.4 is 5.73 Å². The average molecular weight is 351 g/mol. The molecule has 1 amide bonds. The third kappa shape index (κ3) is 9.37. The van der Waals surface area contributed by atoms with Gasteiger partial charge in [0.2, 0.25) is 11.7 Å².